The third kappa shape index (κ3) is 3.74. The molecular formula is C39H23N3O. The average Bonchev–Trinajstić information content (AvgIpc) is 3.47. The van der Waals surface area contributed by atoms with Crippen molar-refractivity contribution in [1.29, 1.82) is 0 Å². The van der Waals surface area contributed by atoms with Crippen molar-refractivity contribution < 1.29 is 4.42 Å². The first-order chi connectivity index (χ1) is 21.3. The number of furan rings is 1. The van der Waals surface area contributed by atoms with Crippen LogP contribution in [-0.4, -0.2) is 15.0 Å². The Morgan fingerprint density at radius 3 is 1.86 bits per heavy atom. The molecule has 0 aliphatic rings. The van der Waals surface area contributed by atoms with Crippen molar-refractivity contribution >= 4 is 54.3 Å². The van der Waals surface area contributed by atoms with Crippen molar-refractivity contribution in [2.24, 2.45) is 0 Å². The van der Waals surface area contributed by atoms with Gasteiger partial charge in [0.05, 0.1) is 0 Å². The Labute approximate surface area is 246 Å². The minimum atomic E-state index is 0.614. The van der Waals surface area contributed by atoms with Gasteiger partial charge in [-0.1, -0.05) is 121 Å². The summed E-state index contributed by atoms with van der Waals surface area (Å²) >= 11 is 0. The van der Waals surface area contributed by atoms with Gasteiger partial charge in [0.1, 0.15) is 11.2 Å². The monoisotopic (exact) mass is 549 g/mol. The Hall–Kier alpha value is -5.87. The highest BCUT2D eigenvalue weighted by Crippen LogP contribution is 2.39. The number of nitrogens with zero attached hydrogens (tertiary/aromatic N) is 3. The maximum absolute atomic E-state index is 6.22. The molecule has 0 atom stereocenters. The van der Waals surface area contributed by atoms with Crippen LogP contribution < -0.4 is 0 Å². The summed E-state index contributed by atoms with van der Waals surface area (Å²) in [5, 5.41) is 9.13. The van der Waals surface area contributed by atoms with E-state index in [0.717, 1.165) is 44.0 Å². The number of aromatic nitrogens is 3. The Morgan fingerprint density at radius 1 is 0.372 bits per heavy atom. The van der Waals surface area contributed by atoms with E-state index in [-0.39, 0.29) is 0 Å². The summed E-state index contributed by atoms with van der Waals surface area (Å²) < 4.78 is 6.22. The van der Waals surface area contributed by atoms with Crippen molar-refractivity contribution in [3.8, 4) is 34.2 Å². The van der Waals surface area contributed by atoms with Crippen LogP contribution in [-0.2, 0) is 0 Å². The molecule has 9 rings (SSSR count). The lowest BCUT2D eigenvalue weighted by atomic mass is 9.93. The normalized spacial score (nSPS) is 11.7. The predicted molar refractivity (Wildman–Crippen MR) is 176 cm³/mol. The second-order valence-corrected chi connectivity index (χ2v) is 10.8. The lowest BCUT2D eigenvalue weighted by Gasteiger charge is -2.14. The molecule has 2 heterocycles. The van der Waals surface area contributed by atoms with Gasteiger partial charge >= 0.3 is 0 Å². The zero-order chi connectivity index (χ0) is 28.3. The smallest absolute Gasteiger partial charge is 0.164 e. The van der Waals surface area contributed by atoms with E-state index in [9.17, 15) is 0 Å². The minimum Gasteiger partial charge on any atom is -0.456 e. The van der Waals surface area contributed by atoms with Crippen molar-refractivity contribution in [1.82, 2.24) is 15.0 Å². The Balaban J connectivity index is 1.39. The highest BCUT2D eigenvalue weighted by Gasteiger charge is 2.19. The first-order valence-electron chi connectivity index (χ1n) is 14.4. The van der Waals surface area contributed by atoms with Crippen LogP contribution in [0.2, 0.25) is 0 Å². The molecule has 7 aromatic carbocycles. The molecular weight excluding hydrogens is 526 g/mol. The molecule has 0 saturated heterocycles. The number of benzene rings is 7. The van der Waals surface area contributed by atoms with Crippen molar-refractivity contribution in [3.63, 3.8) is 0 Å². The van der Waals surface area contributed by atoms with Gasteiger partial charge in [-0.05, 0) is 50.5 Å². The third-order valence-electron chi connectivity index (χ3n) is 8.32. The summed E-state index contributed by atoms with van der Waals surface area (Å²) in [7, 11) is 0. The highest BCUT2D eigenvalue weighted by molar-refractivity contribution is 6.20. The number of fused-ring (bicyclic) bond motifs is 8. The van der Waals surface area contributed by atoms with Crippen LogP contribution in [0.1, 0.15) is 0 Å². The molecule has 9 aromatic rings. The van der Waals surface area contributed by atoms with E-state index in [1.165, 1.54) is 26.9 Å². The molecule has 0 spiro atoms. The Kier molecular flexibility index (Phi) is 5.16. The minimum absolute atomic E-state index is 0.614. The Bertz CT molecular complexity index is 2510. The third-order valence-corrected chi connectivity index (χ3v) is 8.32. The average molecular weight is 550 g/mol. The van der Waals surface area contributed by atoms with Gasteiger partial charge in [-0.15, -0.1) is 0 Å². The molecule has 0 bridgehead atoms. The largest absolute Gasteiger partial charge is 0.456 e. The van der Waals surface area contributed by atoms with Gasteiger partial charge in [-0.3, -0.25) is 0 Å². The zero-order valence-corrected chi connectivity index (χ0v) is 23.0. The molecule has 43 heavy (non-hydrogen) atoms. The number of hydrogen-bond acceptors (Lipinski definition) is 4. The first kappa shape index (κ1) is 23.8. The van der Waals surface area contributed by atoms with Crippen LogP contribution in [0.4, 0.5) is 0 Å². The van der Waals surface area contributed by atoms with Crippen LogP contribution in [0.3, 0.4) is 0 Å². The van der Waals surface area contributed by atoms with Gasteiger partial charge < -0.3 is 4.42 Å². The second-order valence-electron chi connectivity index (χ2n) is 10.8. The van der Waals surface area contributed by atoms with Crippen molar-refractivity contribution in [3.05, 3.63) is 140 Å². The number of hydrogen-bond donors (Lipinski definition) is 0. The van der Waals surface area contributed by atoms with Crippen LogP contribution in [0, 0.1) is 0 Å². The first-order valence-corrected chi connectivity index (χ1v) is 14.4. The van der Waals surface area contributed by atoms with E-state index in [4.69, 9.17) is 19.4 Å². The van der Waals surface area contributed by atoms with E-state index in [2.05, 4.69) is 78.9 Å². The molecule has 0 aliphatic heterocycles. The second kappa shape index (κ2) is 9.33. The SMILES string of the molecule is c1ccc(-c2nc(-c3cc4c5ccccc5ccc4c4ccccc34)nc(-c3cccc4oc5ccccc5c34)n2)cc1. The highest BCUT2D eigenvalue weighted by atomic mass is 16.3. The molecule has 0 amide bonds. The Morgan fingerprint density at radius 2 is 1.00 bits per heavy atom. The summed E-state index contributed by atoms with van der Waals surface area (Å²) in [6, 6.07) is 48.1. The fourth-order valence-electron chi connectivity index (χ4n) is 6.34. The summed E-state index contributed by atoms with van der Waals surface area (Å²) in [4.78, 5) is 15.4. The molecule has 200 valence electrons. The molecule has 0 saturated carbocycles. The van der Waals surface area contributed by atoms with Crippen LogP contribution in [0.25, 0.3) is 88.4 Å². The summed E-state index contributed by atoms with van der Waals surface area (Å²) in [5.74, 6) is 1.88. The van der Waals surface area contributed by atoms with Crippen LogP contribution >= 0.6 is 0 Å². The molecule has 0 N–H and O–H groups in total. The summed E-state index contributed by atoms with van der Waals surface area (Å²) in [6.45, 7) is 0. The van der Waals surface area contributed by atoms with Crippen LogP contribution in [0.15, 0.2) is 144 Å². The lowest BCUT2D eigenvalue weighted by molar-refractivity contribution is 0.669. The fraction of sp³-hybridized carbons (Fsp3) is 0. The zero-order valence-electron chi connectivity index (χ0n) is 23.0. The van der Waals surface area contributed by atoms with Gasteiger partial charge in [-0.2, -0.15) is 0 Å². The topological polar surface area (TPSA) is 51.8 Å². The van der Waals surface area contributed by atoms with Gasteiger partial charge in [-0.25, -0.2) is 15.0 Å². The van der Waals surface area contributed by atoms with E-state index in [0.29, 0.717) is 17.5 Å². The fourth-order valence-corrected chi connectivity index (χ4v) is 6.34. The molecule has 4 nitrogen and oxygen atoms in total. The van der Waals surface area contributed by atoms with Gasteiger partial charge in [0.25, 0.3) is 0 Å². The maximum atomic E-state index is 6.22. The predicted octanol–water partition coefficient (Wildman–Crippen LogP) is 10.2. The molecule has 0 radical (unpaired) electrons. The van der Waals surface area contributed by atoms with Crippen LogP contribution in [0.5, 0.6) is 0 Å². The van der Waals surface area contributed by atoms with Crippen molar-refractivity contribution in [2.75, 3.05) is 0 Å². The van der Waals surface area contributed by atoms with Gasteiger partial charge in [0.15, 0.2) is 17.5 Å². The summed E-state index contributed by atoms with van der Waals surface area (Å²) in [5.41, 5.74) is 4.48. The molecule has 2 aromatic heterocycles. The molecule has 0 fully saturated rings. The maximum Gasteiger partial charge on any atom is 0.164 e. The van der Waals surface area contributed by atoms with Crippen molar-refractivity contribution in [2.45, 2.75) is 0 Å². The molecule has 0 aliphatic carbocycles. The number of para-hydroxylation sites is 1. The van der Waals surface area contributed by atoms with E-state index >= 15 is 0 Å². The quantitative estimate of drug-likeness (QED) is 0.206. The van der Waals surface area contributed by atoms with Gasteiger partial charge in [0.2, 0.25) is 0 Å². The number of rotatable bonds is 3. The van der Waals surface area contributed by atoms with E-state index in [1.54, 1.807) is 0 Å². The lowest BCUT2D eigenvalue weighted by Crippen LogP contribution is -2.01. The van der Waals surface area contributed by atoms with E-state index < -0.39 is 0 Å². The van der Waals surface area contributed by atoms with E-state index in [1.807, 2.05) is 60.7 Å². The van der Waals surface area contributed by atoms with Gasteiger partial charge in [0, 0.05) is 27.5 Å². The summed E-state index contributed by atoms with van der Waals surface area (Å²) in [6.07, 6.45) is 0. The molecule has 0 unspecified atom stereocenters. The molecule has 4 heteroatoms. The standard InChI is InChI=1S/C39H23N3O/c1-2-12-25(13-3-1)37-40-38(31-18-10-20-35-36(31)30-17-8-9-19-34(30)43-35)42-39(41-37)33-23-32-26-14-5-4-11-24(26)21-22-29(32)27-15-6-7-16-28(27)33/h1-23H.